The second-order valence-corrected chi connectivity index (χ2v) is 5.26. The van der Waals surface area contributed by atoms with Crippen molar-refractivity contribution in [3.05, 3.63) is 29.8 Å². The molecule has 6 heteroatoms. The summed E-state index contributed by atoms with van der Waals surface area (Å²) in [7, 11) is 0. The Kier molecular flexibility index (Phi) is 5.36. The summed E-state index contributed by atoms with van der Waals surface area (Å²) >= 11 is 0. The largest absolute Gasteiger partial charge is 0.342 e. The molecule has 0 aliphatic carbocycles. The summed E-state index contributed by atoms with van der Waals surface area (Å²) < 4.78 is 0. The fourth-order valence-corrected chi connectivity index (χ4v) is 2.50. The van der Waals surface area contributed by atoms with E-state index in [2.05, 4.69) is 16.6 Å². The van der Waals surface area contributed by atoms with Crippen LogP contribution >= 0.6 is 0 Å². The lowest BCUT2D eigenvalue weighted by atomic mass is 10.1. The smallest absolute Gasteiger partial charge is 0.254 e. The predicted octanol–water partition coefficient (Wildman–Crippen LogP) is 0.856. The van der Waals surface area contributed by atoms with E-state index in [0.29, 0.717) is 24.3 Å². The molecule has 1 atom stereocenters. The summed E-state index contributed by atoms with van der Waals surface area (Å²) in [6, 6.07) is 6.70. The fourth-order valence-electron chi connectivity index (χ4n) is 2.50. The van der Waals surface area contributed by atoms with E-state index in [1.54, 1.807) is 29.2 Å². The molecule has 2 rings (SSSR count). The van der Waals surface area contributed by atoms with Crippen LogP contribution in [0.5, 0.6) is 0 Å². The minimum absolute atomic E-state index is 0.0206. The second kappa shape index (κ2) is 7.45. The second-order valence-electron chi connectivity index (χ2n) is 5.26. The number of amides is 3. The highest BCUT2D eigenvalue weighted by Gasteiger charge is 2.33. The number of hydrogen-bond donors (Lipinski definition) is 2. The molecule has 3 amide bonds. The van der Waals surface area contributed by atoms with Gasteiger partial charge in [-0.3, -0.25) is 14.4 Å². The van der Waals surface area contributed by atoms with Crippen LogP contribution in [0.4, 0.5) is 5.69 Å². The molecule has 120 valence electrons. The first kappa shape index (κ1) is 16.6. The quantitative estimate of drug-likeness (QED) is 0.791. The SMILES string of the molecule is C#CCNC(=O)c1ccccc1NC(=O)C1CC(=O)N(CC)C1. The maximum atomic E-state index is 12.4. The van der Waals surface area contributed by atoms with Gasteiger partial charge >= 0.3 is 0 Å². The number of likely N-dealkylation sites (tertiary alicyclic amines) is 1. The summed E-state index contributed by atoms with van der Waals surface area (Å²) in [5.74, 6) is 1.30. The highest BCUT2D eigenvalue weighted by atomic mass is 16.2. The Hall–Kier alpha value is -2.81. The number of hydrogen-bond acceptors (Lipinski definition) is 3. The fraction of sp³-hybridized carbons (Fsp3) is 0.353. The van der Waals surface area contributed by atoms with E-state index >= 15 is 0 Å². The highest BCUT2D eigenvalue weighted by Crippen LogP contribution is 2.21. The van der Waals surface area contributed by atoms with E-state index in [-0.39, 0.29) is 30.7 Å². The van der Waals surface area contributed by atoms with Gasteiger partial charge in [0.15, 0.2) is 0 Å². The van der Waals surface area contributed by atoms with E-state index < -0.39 is 5.92 Å². The van der Waals surface area contributed by atoms with Crippen molar-refractivity contribution in [1.29, 1.82) is 0 Å². The Balaban J connectivity index is 2.09. The zero-order valence-electron chi connectivity index (χ0n) is 13.0. The van der Waals surface area contributed by atoms with Crippen LogP contribution < -0.4 is 10.6 Å². The molecule has 1 unspecified atom stereocenters. The molecule has 23 heavy (non-hydrogen) atoms. The summed E-state index contributed by atoms with van der Waals surface area (Å²) in [6.07, 6.45) is 5.32. The zero-order valence-corrected chi connectivity index (χ0v) is 13.0. The van der Waals surface area contributed by atoms with E-state index in [4.69, 9.17) is 6.42 Å². The molecule has 0 spiro atoms. The number of nitrogens with zero attached hydrogens (tertiary/aromatic N) is 1. The third-order valence-corrected chi connectivity index (χ3v) is 3.75. The van der Waals surface area contributed by atoms with E-state index in [1.807, 2.05) is 6.92 Å². The normalized spacial score (nSPS) is 16.8. The Morgan fingerprint density at radius 2 is 2.13 bits per heavy atom. The van der Waals surface area contributed by atoms with Gasteiger partial charge in [-0.2, -0.15) is 0 Å². The first-order valence-electron chi connectivity index (χ1n) is 7.46. The first-order chi connectivity index (χ1) is 11.1. The van der Waals surface area contributed by atoms with E-state index in [9.17, 15) is 14.4 Å². The molecule has 0 radical (unpaired) electrons. The number of carbonyl (C=O) groups is 3. The Bertz CT molecular complexity index is 663. The van der Waals surface area contributed by atoms with Gasteiger partial charge in [0.2, 0.25) is 11.8 Å². The van der Waals surface area contributed by atoms with Crippen molar-refractivity contribution in [3.8, 4) is 12.3 Å². The monoisotopic (exact) mass is 313 g/mol. The molecule has 0 aromatic heterocycles. The Labute approximate surface area is 135 Å². The maximum absolute atomic E-state index is 12.4. The summed E-state index contributed by atoms with van der Waals surface area (Å²) in [4.78, 5) is 37.8. The first-order valence-corrected chi connectivity index (χ1v) is 7.46. The number of rotatable bonds is 5. The average molecular weight is 313 g/mol. The molecule has 1 fully saturated rings. The maximum Gasteiger partial charge on any atom is 0.254 e. The van der Waals surface area contributed by atoms with Gasteiger partial charge in [0.1, 0.15) is 0 Å². The van der Waals surface area contributed by atoms with Crippen molar-refractivity contribution < 1.29 is 14.4 Å². The molecule has 1 saturated heterocycles. The molecule has 1 aromatic carbocycles. The van der Waals surface area contributed by atoms with Gasteiger partial charge in [0, 0.05) is 19.5 Å². The topological polar surface area (TPSA) is 78.5 Å². The van der Waals surface area contributed by atoms with Crippen molar-refractivity contribution in [2.45, 2.75) is 13.3 Å². The summed E-state index contributed by atoms with van der Waals surface area (Å²) in [5.41, 5.74) is 0.752. The van der Waals surface area contributed by atoms with Crippen LogP contribution in [0, 0.1) is 18.3 Å². The van der Waals surface area contributed by atoms with Crippen LogP contribution in [0.25, 0.3) is 0 Å². The van der Waals surface area contributed by atoms with Crippen LogP contribution in [0.3, 0.4) is 0 Å². The molecular weight excluding hydrogens is 294 g/mol. The lowest BCUT2D eigenvalue weighted by Gasteiger charge is -2.15. The van der Waals surface area contributed by atoms with Crippen molar-refractivity contribution >= 4 is 23.4 Å². The van der Waals surface area contributed by atoms with Gasteiger partial charge < -0.3 is 15.5 Å². The van der Waals surface area contributed by atoms with Crippen molar-refractivity contribution in [2.75, 3.05) is 25.0 Å². The van der Waals surface area contributed by atoms with Crippen molar-refractivity contribution in [2.24, 2.45) is 5.92 Å². The summed E-state index contributed by atoms with van der Waals surface area (Å²) in [5, 5.41) is 5.31. The van der Waals surface area contributed by atoms with Crippen LogP contribution in [-0.2, 0) is 9.59 Å². The molecule has 1 aliphatic rings. The molecule has 6 nitrogen and oxygen atoms in total. The molecule has 1 aliphatic heterocycles. The lowest BCUT2D eigenvalue weighted by molar-refractivity contribution is -0.128. The number of para-hydroxylation sites is 1. The van der Waals surface area contributed by atoms with Crippen LogP contribution in [0.1, 0.15) is 23.7 Å². The Morgan fingerprint density at radius 1 is 1.39 bits per heavy atom. The highest BCUT2D eigenvalue weighted by molar-refractivity contribution is 6.05. The van der Waals surface area contributed by atoms with Crippen LogP contribution in [0.2, 0.25) is 0 Å². The number of nitrogens with one attached hydrogen (secondary N) is 2. The number of terminal acetylenes is 1. The predicted molar refractivity (Wildman–Crippen MR) is 86.6 cm³/mol. The van der Waals surface area contributed by atoms with Gasteiger partial charge in [0.05, 0.1) is 23.7 Å². The molecule has 0 saturated carbocycles. The van der Waals surface area contributed by atoms with Crippen LogP contribution in [-0.4, -0.2) is 42.3 Å². The average Bonchev–Trinajstić information content (AvgIpc) is 2.94. The third-order valence-electron chi connectivity index (χ3n) is 3.75. The standard InChI is InChI=1S/C17H19N3O3/c1-3-9-18-17(23)13-7-5-6-8-14(13)19-16(22)12-10-15(21)20(4-2)11-12/h1,5-8,12H,4,9-11H2,2H3,(H,18,23)(H,19,22). The van der Waals surface area contributed by atoms with Gasteiger partial charge in [-0.15, -0.1) is 6.42 Å². The lowest BCUT2D eigenvalue weighted by Crippen LogP contribution is -2.29. The van der Waals surface area contributed by atoms with Gasteiger partial charge in [-0.25, -0.2) is 0 Å². The minimum atomic E-state index is -0.399. The van der Waals surface area contributed by atoms with Crippen molar-refractivity contribution in [3.63, 3.8) is 0 Å². The molecule has 2 N–H and O–H groups in total. The molecule has 1 heterocycles. The summed E-state index contributed by atoms with van der Waals surface area (Å²) in [6.45, 7) is 2.99. The zero-order chi connectivity index (χ0) is 16.8. The van der Waals surface area contributed by atoms with Gasteiger partial charge in [0.25, 0.3) is 5.91 Å². The van der Waals surface area contributed by atoms with E-state index in [1.165, 1.54) is 0 Å². The minimum Gasteiger partial charge on any atom is -0.342 e. The van der Waals surface area contributed by atoms with Crippen LogP contribution in [0.15, 0.2) is 24.3 Å². The molecule has 1 aromatic rings. The molecular formula is C17H19N3O3. The third kappa shape index (κ3) is 3.89. The van der Waals surface area contributed by atoms with E-state index in [0.717, 1.165) is 0 Å². The number of anilines is 1. The Morgan fingerprint density at radius 3 is 2.78 bits per heavy atom. The van der Waals surface area contributed by atoms with Crippen molar-refractivity contribution in [1.82, 2.24) is 10.2 Å². The number of carbonyl (C=O) groups excluding carboxylic acids is 3. The number of benzene rings is 1. The van der Waals surface area contributed by atoms with Gasteiger partial charge in [-0.05, 0) is 19.1 Å². The van der Waals surface area contributed by atoms with Gasteiger partial charge in [-0.1, -0.05) is 18.1 Å². The molecule has 0 bridgehead atoms.